The Hall–Kier alpha value is -1.11. The summed E-state index contributed by atoms with van der Waals surface area (Å²) in [4.78, 5) is 15.1. The van der Waals surface area contributed by atoms with Crippen LogP contribution in [0.3, 0.4) is 0 Å². The number of nitrogens with zero attached hydrogens (tertiary/aromatic N) is 2. The Kier molecular flexibility index (Phi) is 7.92. The topological polar surface area (TPSA) is 67.6 Å². The number of hydrogen-bond donors (Lipinski definition) is 1. The molecule has 2 fully saturated rings. The Morgan fingerprint density at radius 2 is 2.00 bits per heavy atom. The summed E-state index contributed by atoms with van der Waals surface area (Å²) in [6, 6.07) is 0.246. The van der Waals surface area contributed by atoms with Crippen LogP contribution in [-0.2, 0) is 16.1 Å². The molecule has 3 heterocycles. The molecule has 1 aromatic heterocycles. The highest BCUT2D eigenvalue weighted by atomic mass is 35.5. The van der Waals surface area contributed by atoms with Crippen LogP contribution in [0, 0.1) is 25.7 Å². The van der Waals surface area contributed by atoms with Gasteiger partial charge < -0.3 is 14.6 Å². The molecule has 0 saturated carbocycles. The van der Waals surface area contributed by atoms with Crippen molar-refractivity contribution in [1.82, 2.24) is 15.4 Å². The van der Waals surface area contributed by atoms with Crippen molar-refractivity contribution in [3.05, 3.63) is 17.0 Å². The van der Waals surface area contributed by atoms with Gasteiger partial charge in [-0.2, -0.15) is 0 Å². The number of halogens is 1. The van der Waals surface area contributed by atoms with Crippen molar-refractivity contribution in [2.45, 2.75) is 59.0 Å². The fraction of sp³-hybridized carbons (Fsp3) is 0.789. The van der Waals surface area contributed by atoms with E-state index in [1.807, 2.05) is 13.8 Å². The molecule has 26 heavy (non-hydrogen) atoms. The number of hydrogen-bond acceptors (Lipinski definition) is 5. The molecule has 2 saturated heterocycles. The van der Waals surface area contributed by atoms with Crippen LogP contribution >= 0.6 is 12.4 Å². The van der Waals surface area contributed by atoms with Crippen LogP contribution in [0.5, 0.6) is 0 Å². The van der Waals surface area contributed by atoms with Gasteiger partial charge in [0.2, 0.25) is 5.91 Å². The van der Waals surface area contributed by atoms with E-state index >= 15 is 0 Å². The zero-order valence-electron chi connectivity index (χ0n) is 16.1. The summed E-state index contributed by atoms with van der Waals surface area (Å²) in [5, 5.41) is 7.41. The van der Waals surface area contributed by atoms with Crippen LogP contribution in [0.4, 0.5) is 0 Å². The van der Waals surface area contributed by atoms with Gasteiger partial charge in [0.1, 0.15) is 5.76 Å². The van der Waals surface area contributed by atoms with Crippen molar-refractivity contribution in [2.24, 2.45) is 11.8 Å². The number of carbonyl (C=O) groups excluding carboxylic acids is 1. The van der Waals surface area contributed by atoms with Gasteiger partial charge in [-0.25, -0.2) is 0 Å². The minimum absolute atomic E-state index is 0. The third-order valence-corrected chi connectivity index (χ3v) is 5.66. The first kappa shape index (κ1) is 21.2. The van der Waals surface area contributed by atoms with E-state index in [4.69, 9.17) is 9.26 Å². The lowest BCUT2D eigenvalue weighted by atomic mass is 9.95. The van der Waals surface area contributed by atoms with Crippen molar-refractivity contribution >= 4 is 18.3 Å². The summed E-state index contributed by atoms with van der Waals surface area (Å²) in [5.74, 6) is 1.76. The van der Waals surface area contributed by atoms with Crippen molar-refractivity contribution in [1.29, 1.82) is 0 Å². The molecule has 0 spiro atoms. The number of aromatic nitrogens is 1. The van der Waals surface area contributed by atoms with Crippen LogP contribution in [0.1, 0.15) is 49.6 Å². The Morgan fingerprint density at radius 3 is 2.62 bits per heavy atom. The van der Waals surface area contributed by atoms with Crippen molar-refractivity contribution in [3.63, 3.8) is 0 Å². The molecular formula is C19H32ClN3O3. The van der Waals surface area contributed by atoms with Crippen LogP contribution in [0.25, 0.3) is 0 Å². The van der Waals surface area contributed by atoms with Gasteiger partial charge in [-0.15, -0.1) is 12.4 Å². The molecule has 1 N–H and O–H groups in total. The van der Waals surface area contributed by atoms with Crippen LogP contribution in [0.15, 0.2) is 4.52 Å². The lowest BCUT2D eigenvalue weighted by Gasteiger charge is -2.25. The summed E-state index contributed by atoms with van der Waals surface area (Å²) in [5.41, 5.74) is 2.16. The highest BCUT2D eigenvalue weighted by Crippen LogP contribution is 2.26. The molecule has 0 unspecified atom stereocenters. The highest BCUT2D eigenvalue weighted by molar-refractivity contribution is 5.85. The second-order valence-corrected chi connectivity index (χ2v) is 7.55. The number of rotatable bonds is 6. The third-order valence-electron chi connectivity index (χ3n) is 5.66. The molecule has 148 valence electrons. The molecule has 6 nitrogen and oxygen atoms in total. The number of likely N-dealkylation sites (tertiary alicyclic amines) is 1. The second kappa shape index (κ2) is 9.72. The Morgan fingerprint density at radius 1 is 1.27 bits per heavy atom. The average molecular weight is 386 g/mol. The predicted molar refractivity (Wildman–Crippen MR) is 102 cm³/mol. The molecule has 0 bridgehead atoms. The Balaban J connectivity index is 0.00000243. The minimum Gasteiger partial charge on any atom is -0.381 e. The molecule has 0 aliphatic carbocycles. The lowest BCUT2D eigenvalue weighted by Crippen LogP contribution is -2.44. The Labute approximate surface area is 162 Å². The summed E-state index contributed by atoms with van der Waals surface area (Å²) in [6.07, 6.45) is 3.99. The number of amides is 1. The predicted octanol–water partition coefficient (Wildman–Crippen LogP) is 2.86. The van der Waals surface area contributed by atoms with Gasteiger partial charge in [-0.1, -0.05) is 18.5 Å². The normalized spacial score (nSPS) is 24.4. The molecule has 2 aliphatic heterocycles. The average Bonchev–Trinajstić information content (AvgIpc) is 3.14. The Bertz CT molecular complexity index is 567. The monoisotopic (exact) mass is 385 g/mol. The fourth-order valence-corrected chi connectivity index (χ4v) is 4.13. The van der Waals surface area contributed by atoms with Gasteiger partial charge in [-0.3, -0.25) is 9.69 Å². The third kappa shape index (κ3) is 4.99. The summed E-state index contributed by atoms with van der Waals surface area (Å²) in [6.45, 7) is 10.4. The second-order valence-electron chi connectivity index (χ2n) is 7.55. The van der Waals surface area contributed by atoms with E-state index in [0.717, 1.165) is 56.8 Å². The summed E-state index contributed by atoms with van der Waals surface area (Å²) >= 11 is 0. The fourth-order valence-electron chi connectivity index (χ4n) is 4.13. The number of ether oxygens (including phenoxy) is 1. The first-order chi connectivity index (χ1) is 12.1. The van der Waals surface area contributed by atoms with E-state index in [2.05, 4.69) is 22.3 Å². The van der Waals surface area contributed by atoms with E-state index in [1.54, 1.807) is 0 Å². The SMILES string of the molecule is CCC[C@H]1CN(Cc2c(C)noc2C)C[C@@H]1NC(=O)C1CCOCC1.Cl. The number of nitrogens with one attached hydrogen (secondary N) is 1. The lowest BCUT2D eigenvalue weighted by molar-refractivity contribution is -0.128. The maximum Gasteiger partial charge on any atom is 0.223 e. The molecular weight excluding hydrogens is 354 g/mol. The molecule has 2 atom stereocenters. The van der Waals surface area contributed by atoms with E-state index < -0.39 is 0 Å². The smallest absolute Gasteiger partial charge is 0.223 e. The van der Waals surface area contributed by atoms with E-state index in [1.165, 1.54) is 5.56 Å². The quantitative estimate of drug-likeness (QED) is 0.815. The molecule has 3 rings (SSSR count). The first-order valence-electron chi connectivity index (χ1n) is 9.60. The van der Waals surface area contributed by atoms with Gasteiger partial charge in [0, 0.05) is 50.4 Å². The molecule has 0 aromatic carbocycles. The number of carbonyl (C=O) groups is 1. The van der Waals surface area contributed by atoms with Crippen molar-refractivity contribution in [2.75, 3.05) is 26.3 Å². The van der Waals surface area contributed by atoms with E-state index in [-0.39, 0.29) is 30.3 Å². The van der Waals surface area contributed by atoms with Crippen LogP contribution in [-0.4, -0.2) is 48.3 Å². The first-order valence-corrected chi connectivity index (χ1v) is 9.60. The van der Waals surface area contributed by atoms with E-state index in [0.29, 0.717) is 19.1 Å². The van der Waals surface area contributed by atoms with Crippen LogP contribution in [0.2, 0.25) is 0 Å². The van der Waals surface area contributed by atoms with E-state index in [9.17, 15) is 4.79 Å². The standard InChI is InChI=1S/C19H31N3O3.ClH/c1-4-5-16-10-22(11-17-13(2)21-25-14(17)3)12-18(16)20-19(23)15-6-8-24-9-7-15;/h15-16,18H,4-12H2,1-3H3,(H,20,23);1H/t16-,18-;/m0./s1. The van der Waals surface area contributed by atoms with Gasteiger partial charge in [0.05, 0.1) is 5.69 Å². The summed E-state index contributed by atoms with van der Waals surface area (Å²) < 4.78 is 10.7. The van der Waals surface area contributed by atoms with Crippen molar-refractivity contribution < 1.29 is 14.1 Å². The largest absolute Gasteiger partial charge is 0.381 e. The number of aryl methyl sites for hydroxylation is 2. The molecule has 2 aliphatic rings. The van der Waals surface area contributed by atoms with Gasteiger partial charge in [0.25, 0.3) is 0 Å². The zero-order valence-corrected chi connectivity index (χ0v) is 16.9. The van der Waals surface area contributed by atoms with Gasteiger partial charge in [0.15, 0.2) is 0 Å². The van der Waals surface area contributed by atoms with Crippen LogP contribution < -0.4 is 5.32 Å². The van der Waals surface area contributed by atoms with Gasteiger partial charge >= 0.3 is 0 Å². The molecule has 0 radical (unpaired) electrons. The molecule has 1 aromatic rings. The van der Waals surface area contributed by atoms with Crippen molar-refractivity contribution in [3.8, 4) is 0 Å². The maximum absolute atomic E-state index is 12.6. The highest BCUT2D eigenvalue weighted by Gasteiger charge is 2.35. The molecule has 7 heteroatoms. The van der Waals surface area contributed by atoms with Gasteiger partial charge in [-0.05, 0) is 39.0 Å². The summed E-state index contributed by atoms with van der Waals surface area (Å²) in [7, 11) is 0. The molecule has 1 amide bonds. The zero-order chi connectivity index (χ0) is 17.8. The minimum atomic E-state index is 0. The maximum atomic E-state index is 12.6.